The summed E-state index contributed by atoms with van der Waals surface area (Å²) in [5, 5.41) is 0.0372. The molecule has 1 aromatic heterocycles. The van der Waals surface area contributed by atoms with Crippen LogP contribution < -0.4 is 4.72 Å². The first kappa shape index (κ1) is 14.9. The highest BCUT2D eigenvalue weighted by Crippen LogP contribution is 2.17. The van der Waals surface area contributed by atoms with E-state index in [0.29, 0.717) is 0 Å². The predicted molar refractivity (Wildman–Crippen MR) is 70.4 cm³/mol. The minimum atomic E-state index is -3.89. The number of likely N-dealkylation sites (tertiary alicyclic amines) is 1. The number of halogens is 1. The van der Waals surface area contributed by atoms with Crippen LogP contribution in [-0.4, -0.2) is 43.2 Å². The SMILES string of the molecule is CN1C(=O)CCC(NS(=O)(=O)c2ccnc(Cl)c2)C1=O. The number of rotatable bonds is 3. The van der Waals surface area contributed by atoms with Gasteiger partial charge in [0, 0.05) is 19.7 Å². The van der Waals surface area contributed by atoms with Crippen molar-refractivity contribution in [3.8, 4) is 0 Å². The lowest BCUT2D eigenvalue weighted by Crippen LogP contribution is -2.52. The Balaban J connectivity index is 2.21. The van der Waals surface area contributed by atoms with Crippen molar-refractivity contribution in [2.75, 3.05) is 7.05 Å². The van der Waals surface area contributed by atoms with Crippen LogP contribution >= 0.6 is 11.6 Å². The van der Waals surface area contributed by atoms with Gasteiger partial charge in [0.1, 0.15) is 11.2 Å². The molecule has 1 unspecified atom stereocenters. The van der Waals surface area contributed by atoms with Crippen molar-refractivity contribution in [2.45, 2.75) is 23.8 Å². The van der Waals surface area contributed by atoms with Crippen LogP contribution in [0.25, 0.3) is 0 Å². The molecule has 0 radical (unpaired) electrons. The molecule has 2 amide bonds. The molecule has 0 aromatic carbocycles. The number of nitrogens with one attached hydrogen (secondary N) is 1. The van der Waals surface area contributed by atoms with Crippen LogP contribution in [0.15, 0.2) is 23.2 Å². The average molecular weight is 318 g/mol. The number of likely N-dealkylation sites (N-methyl/N-ethyl adjacent to an activating group) is 1. The summed E-state index contributed by atoms with van der Waals surface area (Å²) in [4.78, 5) is 27.7. The minimum Gasteiger partial charge on any atom is -0.284 e. The van der Waals surface area contributed by atoms with Gasteiger partial charge in [-0.25, -0.2) is 13.4 Å². The fourth-order valence-corrected chi connectivity index (χ4v) is 3.31. The Morgan fingerprint density at radius 3 is 2.80 bits per heavy atom. The fraction of sp³-hybridized carbons (Fsp3) is 0.364. The van der Waals surface area contributed by atoms with Gasteiger partial charge in [-0.2, -0.15) is 4.72 Å². The highest BCUT2D eigenvalue weighted by atomic mass is 35.5. The van der Waals surface area contributed by atoms with Crippen molar-refractivity contribution in [1.29, 1.82) is 0 Å². The molecule has 2 heterocycles. The summed E-state index contributed by atoms with van der Waals surface area (Å²) < 4.78 is 26.5. The van der Waals surface area contributed by atoms with E-state index >= 15 is 0 Å². The smallest absolute Gasteiger partial charge is 0.247 e. The van der Waals surface area contributed by atoms with E-state index in [1.165, 1.54) is 25.4 Å². The van der Waals surface area contributed by atoms with E-state index in [0.717, 1.165) is 4.90 Å². The van der Waals surface area contributed by atoms with E-state index in [1.807, 2.05) is 0 Å². The zero-order valence-electron chi connectivity index (χ0n) is 10.5. The van der Waals surface area contributed by atoms with E-state index in [1.54, 1.807) is 0 Å². The number of aromatic nitrogens is 1. The lowest BCUT2D eigenvalue weighted by molar-refractivity contribution is -0.147. The number of carbonyl (C=O) groups excluding carboxylic acids is 2. The van der Waals surface area contributed by atoms with E-state index in [2.05, 4.69) is 9.71 Å². The van der Waals surface area contributed by atoms with E-state index in [-0.39, 0.29) is 28.8 Å². The van der Waals surface area contributed by atoms with Gasteiger partial charge in [-0.3, -0.25) is 14.5 Å². The fourth-order valence-electron chi connectivity index (χ4n) is 1.83. The molecule has 108 valence electrons. The highest BCUT2D eigenvalue weighted by Gasteiger charge is 2.34. The number of pyridine rings is 1. The lowest BCUT2D eigenvalue weighted by Gasteiger charge is -2.27. The van der Waals surface area contributed by atoms with Gasteiger partial charge in [0.2, 0.25) is 21.8 Å². The summed E-state index contributed by atoms with van der Waals surface area (Å²) in [6, 6.07) is 1.51. The maximum absolute atomic E-state index is 12.1. The monoisotopic (exact) mass is 317 g/mol. The molecule has 20 heavy (non-hydrogen) atoms. The third-order valence-corrected chi connectivity index (χ3v) is 4.63. The molecular weight excluding hydrogens is 306 g/mol. The van der Waals surface area contributed by atoms with Gasteiger partial charge >= 0.3 is 0 Å². The third kappa shape index (κ3) is 2.97. The summed E-state index contributed by atoms with van der Waals surface area (Å²) in [6.45, 7) is 0. The molecule has 0 bridgehead atoms. The zero-order valence-corrected chi connectivity index (χ0v) is 12.1. The first-order chi connectivity index (χ1) is 9.31. The molecule has 1 aliphatic heterocycles. The van der Waals surface area contributed by atoms with Crippen LogP contribution in [-0.2, 0) is 19.6 Å². The van der Waals surface area contributed by atoms with Gasteiger partial charge in [0.25, 0.3) is 0 Å². The van der Waals surface area contributed by atoms with Crippen molar-refractivity contribution in [2.24, 2.45) is 0 Å². The maximum Gasteiger partial charge on any atom is 0.247 e. The number of hydrogen-bond acceptors (Lipinski definition) is 5. The quantitative estimate of drug-likeness (QED) is 0.633. The molecule has 0 saturated carbocycles. The maximum atomic E-state index is 12.1. The second kappa shape index (κ2) is 5.47. The molecule has 1 N–H and O–H groups in total. The Kier molecular flexibility index (Phi) is 4.07. The highest BCUT2D eigenvalue weighted by molar-refractivity contribution is 7.89. The summed E-state index contributed by atoms with van der Waals surface area (Å²) in [5.74, 6) is -0.887. The van der Waals surface area contributed by atoms with Crippen LogP contribution in [0.3, 0.4) is 0 Å². The van der Waals surface area contributed by atoms with Crippen molar-refractivity contribution in [3.63, 3.8) is 0 Å². The molecule has 9 heteroatoms. The Hall–Kier alpha value is -1.51. The summed E-state index contributed by atoms with van der Waals surface area (Å²) in [6.07, 6.45) is 1.52. The summed E-state index contributed by atoms with van der Waals surface area (Å²) in [7, 11) is -2.56. The number of carbonyl (C=O) groups is 2. The van der Waals surface area contributed by atoms with E-state index < -0.39 is 22.0 Å². The minimum absolute atomic E-state index is 0.0372. The Morgan fingerprint density at radius 1 is 1.45 bits per heavy atom. The van der Waals surface area contributed by atoms with E-state index in [9.17, 15) is 18.0 Å². The van der Waals surface area contributed by atoms with Gasteiger partial charge in [0.15, 0.2) is 0 Å². The third-order valence-electron chi connectivity index (χ3n) is 2.96. The van der Waals surface area contributed by atoms with Crippen molar-refractivity contribution in [3.05, 3.63) is 23.5 Å². The molecule has 7 nitrogen and oxygen atoms in total. The first-order valence-corrected chi connectivity index (χ1v) is 7.61. The van der Waals surface area contributed by atoms with Crippen LogP contribution in [0.5, 0.6) is 0 Å². The molecule has 0 spiro atoms. The van der Waals surface area contributed by atoms with Crippen LogP contribution in [0.4, 0.5) is 0 Å². The second-order valence-electron chi connectivity index (χ2n) is 4.32. The normalized spacial score (nSPS) is 20.3. The molecule has 1 fully saturated rings. The van der Waals surface area contributed by atoms with Gasteiger partial charge in [-0.15, -0.1) is 0 Å². The molecule has 1 saturated heterocycles. The summed E-state index contributed by atoms with van der Waals surface area (Å²) >= 11 is 5.64. The number of nitrogens with zero attached hydrogens (tertiary/aromatic N) is 2. The van der Waals surface area contributed by atoms with Crippen LogP contribution in [0, 0.1) is 0 Å². The number of sulfonamides is 1. The number of amides is 2. The van der Waals surface area contributed by atoms with Gasteiger partial charge in [-0.1, -0.05) is 11.6 Å². The van der Waals surface area contributed by atoms with Gasteiger partial charge in [-0.05, 0) is 18.6 Å². The molecular formula is C11H12ClN3O4S. The van der Waals surface area contributed by atoms with Crippen LogP contribution in [0.2, 0.25) is 5.15 Å². The van der Waals surface area contributed by atoms with Gasteiger partial charge in [0.05, 0.1) is 4.90 Å². The predicted octanol–water partition coefficient (Wildman–Crippen LogP) is 0.161. The Morgan fingerprint density at radius 2 is 2.15 bits per heavy atom. The summed E-state index contributed by atoms with van der Waals surface area (Å²) in [5.41, 5.74) is 0. The molecule has 1 aromatic rings. The Labute approximate surface area is 121 Å². The second-order valence-corrected chi connectivity index (χ2v) is 6.42. The standard InChI is InChI=1S/C11H12ClN3O4S/c1-15-10(16)3-2-8(11(15)17)14-20(18,19)7-4-5-13-9(12)6-7/h4-6,8,14H,2-3H2,1H3. The Bertz CT molecular complexity index is 661. The molecule has 1 atom stereocenters. The van der Waals surface area contributed by atoms with Crippen LogP contribution in [0.1, 0.15) is 12.8 Å². The van der Waals surface area contributed by atoms with Crippen molar-refractivity contribution >= 4 is 33.4 Å². The molecule has 2 rings (SSSR count). The molecule has 0 aliphatic carbocycles. The van der Waals surface area contributed by atoms with Gasteiger partial charge < -0.3 is 0 Å². The van der Waals surface area contributed by atoms with Crippen molar-refractivity contribution < 1.29 is 18.0 Å². The number of imide groups is 1. The number of hydrogen-bond donors (Lipinski definition) is 1. The number of piperidine rings is 1. The topological polar surface area (TPSA) is 96.4 Å². The average Bonchev–Trinajstić information content (AvgIpc) is 2.39. The lowest BCUT2D eigenvalue weighted by atomic mass is 10.1. The molecule has 1 aliphatic rings. The zero-order chi connectivity index (χ0) is 14.9. The van der Waals surface area contributed by atoms with Crippen molar-refractivity contribution in [1.82, 2.24) is 14.6 Å². The first-order valence-electron chi connectivity index (χ1n) is 5.75. The van der Waals surface area contributed by atoms with E-state index in [4.69, 9.17) is 11.6 Å². The largest absolute Gasteiger partial charge is 0.284 e.